The van der Waals surface area contributed by atoms with Gasteiger partial charge in [0.25, 0.3) is 5.56 Å². The summed E-state index contributed by atoms with van der Waals surface area (Å²) in [6.45, 7) is 1.54. The molecule has 0 spiro atoms. The lowest BCUT2D eigenvalue weighted by atomic mass is 10.2. The lowest BCUT2D eigenvalue weighted by Crippen LogP contribution is -2.38. The average Bonchev–Trinajstić information content (AvgIpc) is 2.75. The molecule has 0 saturated carbocycles. The average molecular weight is 263 g/mol. The first-order valence-electron chi connectivity index (χ1n) is 6.19. The maximum Gasteiger partial charge on any atom is 0.329 e. The predicted octanol–water partition coefficient (Wildman–Crippen LogP) is 0.705. The summed E-state index contributed by atoms with van der Waals surface area (Å²) in [5, 5.41) is 0.343. The molecule has 1 saturated heterocycles. The summed E-state index contributed by atoms with van der Waals surface area (Å²) in [7, 11) is 1.95. The molecule has 0 bridgehead atoms. The molecule has 1 aromatic carbocycles. The fourth-order valence-corrected chi connectivity index (χ4v) is 2.66. The highest BCUT2D eigenvalue weighted by molar-refractivity contribution is 5.77. The number of aromatic amines is 1. The van der Waals surface area contributed by atoms with Crippen molar-refractivity contribution in [2.24, 2.45) is 0 Å². The minimum atomic E-state index is -0.471. The number of aromatic nitrogens is 2. The van der Waals surface area contributed by atoms with E-state index in [0.29, 0.717) is 11.9 Å². The number of hydrogen-bond acceptors (Lipinski definition) is 3. The number of fused-ring (bicyclic) bond motifs is 1. The third kappa shape index (κ3) is 1.98. The highest BCUT2D eigenvalue weighted by Crippen LogP contribution is 2.17. The minimum Gasteiger partial charge on any atom is -0.307 e. The quantitative estimate of drug-likeness (QED) is 0.824. The summed E-state index contributed by atoms with van der Waals surface area (Å²) in [5.41, 5.74) is -0.569. The molecule has 3 rings (SSSR count). The molecule has 2 aromatic rings. The Morgan fingerprint density at radius 2 is 2.16 bits per heavy atom. The number of likely N-dealkylation sites (N-methyl/N-ethyl adjacent to an activating group) is 1. The van der Waals surface area contributed by atoms with Crippen LogP contribution in [0.2, 0.25) is 0 Å². The molecule has 1 N–H and O–H groups in total. The monoisotopic (exact) mass is 263 g/mol. The summed E-state index contributed by atoms with van der Waals surface area (Å²) in [6.07, 6.45) is 0.770. The van der Waals surface area contributed by atoms with Crippen molar-refractivity contribution in [3.8, 4) is 0 Å². The van der Waals surface area contributed by atoms with E-state index in [0.717, 1.165) is 13.0 Å². The molecular formula is C13H14FN3O2. The van der Waals surface area contributed by atoms with E-state index in [1.807, 2.05) is 7.05 Å². The number of rotatable bonds is 1. The second-order valence-electron chi connectivity index (χ2n) is 5.00. The molecule has 19 heavy (non-hydrogen) atoms. The van der Waals surface area contributed by atoms with Crippen molar-refractivity contribution in [3.63, 3.8) is 0 Å². The number of hydrogen-bond donors (Lipinski definition) is 1. The number of H-pyrrole nitrogens is 1. The van der Waals surface area contributed by atoms with Crippen LogP contribution in [-0.2, 0) is 0 Å². The Morgan fingerprint density at radius 3 is 2.84 bits per heavy atom. The van der Waals surface area contributed by atoms with Crippen LogP contribution in [0.4, 0.5) is 4.39 Å². The first kappa shape index (κ1) is 12.1. The first-order chi connectivity index (χ1) is 9.06. The van der Waals surface area contributed by atoms with Gasteiger partial charge in [0.05, 0.1) is 16.9 Å². The second-order valence-corrected chi connectivity index (χ2v) is 5.00. The SMILES string of the molecule is CN1CCC(n2c(=O)[nH]c3cc(F)ccc3c2=O)C1. The molecule has 1 aromatic heterocycles. The summed E-state index contributed by atoms with van der Waals surface area (Å²) in [5.74, 6) is -0.471. The van der Waals surface area contributed by atoms with E-state index in [1.165, 1.54) is 22.8 Å². The van der Waals surface area contributed by atoms with E-state index in [-0.39, 0.29) is 17.1 Å². The van der Waals surface area contributed by atoms with Crippen LogP contribution in [0.1, 0.15) is 12.5 Å². The molecular weight excluding hydrogens is 249 g/mol. The van der Waals surface area contributed by atoms with Gasteiger partial charge in [-0.2, -0.15) is 0 Å². The molecule has 2 heterocycles. The van der Waals surface area contributed by atoms with Gasteiger partial charge >= 0.3 is 5.69 Å². The topological polar surface area (TPSA) is 58.1 Å². The van der Waals surface area contributed by atoms with Gasteiger partial charge in [-0.25, -0.2) is 9.18 Å². The van der Waals surface area contributed by atoms with E-state index in [1.54, 1.807) is 0 Å². The van der Waals surface area contributed by atoms with Crippen molar-refractivity contribution in [2.75, 3.05) is 20.1 Å². The van der Waals surface area contributed by atoms with Crippen LogP contribution in [-0.4, -0.2) is 34.6 Å². The minimum absolute atomic E-state index is 0.115. The van der Waals surface area contributed by atoms with Crippen molar-refractivity contribution >= 4 is 10.9 Å². The molecule has 0 radical (unpaired) electrons. The van der Waals surface area contributed by atoms with E-state index in [4.69, 9.17) is 0 Å². The fraction of sp³-hybridized carbons (Fsp3) is 0.385. The van der Waals surface area contributed by atoms with E-state index < -0.39 is 11.5 Å². The van der Waals surface area contributed by atoms with Crippen LogP contribution in [0.5, 0.6) is 0 Å². The molecule has 1 aliphatic rings. The van der Waals surface area contributed by atoms with Gasteiger partial charge in [0.2, 0.25) is 0 Å². The van der Waals surface area contributed by atoms with Crippen LogP contribution in [0, 0.1) is 5.82 Å². The highest BCUT2D eigenvalue weighted by atomic mass is 19.1. The number of likely N-dealkylation sites (tertiary alicyclic amines) is 1. The first-order valence-corrected chi connectivity index (χ1v) is 6.19. The normalized spacial score (nSPS) is 20.2. The van der Waals surface area contributed by atoms with Crippen LogP contribution < -0.4 is 11.2 Å². The van der Waals surface area contributed by atoms with Gasteiger partial charge in [-0.05, 0) is 38.2 Å². The van der Waals surface area contributed by atoms with Crippen molar-refractivity contribution in [1.82, 2.24) is 14.5 Å². The van der Waals surface area contributed by atoms with Gasteiger partial charge < -0.3 is 9.88 Å². The van der Waals surface area contributed by atoms with E-state index in [2.05, 4.69) is 9.88 Å². The smallest absolute Gasteiger partial charge is 0.307 e. The molecule has 100 valence electrons. The number of benzene rings is 1. The molecule has 1 unspecified atom stereocenters. The Labute approximate surface area is 108 Å². The summed E-state index contributed by atoms with van der Waals surface area (Å²) >= 11 is 0. The third-order valence-electron chi connectivity index (χ3n) is 3.62. The van der Waals surface area contributed by atoms with Crippen molar-refractivity contribution in [2.45, 2.75) is 12.5 Å². The Hall–Kier alpha value is -1.95. The predicted molar refractivity (Wildman–Crippen MR) is 69.9 cm³/mol. The molecule has 6 heteroatoms. The molecule has 0 aliphatic carbocycles. The Morgan fingerprint density at radius 1 is 1.37 bits per heavy atom. The maximum atomic E-state index is 13.1. The molecule has 1 atom stereocenters. The van der Waals surface area contributed by atoms with Crippen LogP contribution in [0.15, 0.2) is 27.8 Å². The Balaban J connectivity index is 2.23. The second kappa shape index (κ2) is 4.31. The molecule has 1 fully saturated rings. The number of nitrogens with zero attached hydrogens (tertiary/aromatic N) is 2. The van der Waals surface area contributed by atoms with Crippen LogP contribution in [0.3, 0.4) is 0 Å². The van der Waals surface area contributed by atoms with E-state index >= 15 is 0 Å². The molecule has 0 amide bonds. The summed E-state index contributed by atoms with van der Waals surface area (Å²) < 4.78 is 14.4. The van der Waals surface area contributed by atoms with Gasteiger partial charge in [-0.15, -0.1) is 0 Å². The van der Waals surface area contributed by atoms with Crippen molar-refractivity contribution < 1.29 is 4.39 Å². The zero-order valence-corrected chi connectivity index (χ0v) is 10.5. The van der Waals surface area contributed by atoms with Crippen molar-refractivity contribution in [3.05, 3.63) is 44.9 Å². The standard InChI is InChI=1S/C13H14FN3O2/c1-16-5-4-9(7-16)17-12(18)10-3-2-8(14)6-11(10)15-13(17)19/h2-3,6,9H,4-5,7H2,1H3,(H,15,19). The fourth-order valence-electron chi connectivity index (χ4n) is 2.66. The van der Waals surface area contributed by atoms with Gasteiger partial charge in [0.1, 0.15) is 5.82 Å². The number of halogens is 1. The van der Waals surface area contributed by atoms with Crippen LogP contribution in [0.25, 0.3) is 10.9 Å². The van der Waals surface area contributed by atoms with Gasteiger partial charge in [0, 0.05) is 6.54 Å². The number of nitrogens with one attached hydrogen (secondary N) is 1. The van der Waals surface area contributed by atoms with Gasteiger partial charge in [-0.3, -0.25) is 9.36 Å². The third-order valence-corrected chi connectivity index (χ3v) is 3.62. The zero-order chi connectivity index (χ0) is 13.6. The molecule has 5 nitrogen and oxygen atoms in total. The lowest BCUT2D eigenvalue weighted by Gasteiger charge is -2.13. The Bertz CT molecular complexity index is 750. The Kier molecular flexibility index (Phi) is 2.74. The van der Waals surface area contributed by atoms with Crippen molar-refractivity contribution in [1.29, 1.82) is 0 Å². The zero-order valence-electron chi connectivity index (χ0n) is 10.5. The van der Waals surface area contributed by atoms with Gasteiger partial charge in [-0.1, -0.05) is 0 Å². The summed E-state index contributed by atoms with van der Waals surface area (Å²) in [6, 6.07) is 3.70. The highest BCUT2D eigenvalue weighted by Gasteiger charge is 2.24. The summed E-state index contributed by atoms with van der Waals surface area (Å²) in [4.78, 5) is 29.0. The van der Waals surface area contributed by atoms with E-state index in [9.17, 15) is 14.0 Å². The lowest BCUT2D eigenvalue weighted by molar-refractivity contribution is 0.386. The van der Waals surface area contributed by atoms with Crippen LogP contribution >= 0.6 is 0 Å². The largest absolute Gasteiger partial charge is 0.329 e. The van der Waals surface area contributed by atoms with Gasteiger partial charge in [0.15, 0.2) is 0 Å². The molecule has 1 aliphatic heterocycles. The maximum absolute atomic E-state index is 13.1.